The van der Waals surface area contributed by atoms with Gasteiger partial charge in [-0.2, -0.15) is 4.31 Å². The number of hydrogen-bond donors (Lipinski definition) is 1. The van der Waals surface area contributed by atoms with Crippen molar-refractivity contribution in [3.05, 3.63) is 24.3 Å². The lowest BCUT2D eigenvalue weighted by molar-refractivity contribution is 0.355. The molecular formula is C12H20N2O3S. The number of nitrogens with two attached hydrogens (primary N) is 1. The van der Waals surface area contributed by atoms with Crippen molar-refractivity contribution in [1.82, 2.24) is 4.31 Å². The Morgan fingerprint density at radius 1 is 1.33 bits per heavy atom. The van der Waals surface area contributed by atoms with Crippen LogP contribution in [-0.2, 0) is 10.0 Å². The monoisotopic (exact) mass is 272 g/mol. The summed E-state index contributed by atoms with van der Waals surface area (Å²) in [5.41, 5.74) is 5.48. The largest absolute Gasteiger partial charge is 0.495 e. The molecule has 1 rings (SSSR count). The SMILES string of the molecule is COc1ccccc1S(=O)(=O)N(CCN)C(C)C. The number of ether oxygens (including phenoxy) is 1. The summed E-state index contributed by atoms with van der Waals surface area (Å²) in [7, 11) is -2.12. The van der Waals surface area contributed by atoms with Crippen molar-refractivity contribution in [3.63, 3.8) is 0 Å². The average molecular weight is 272 g/mol. The summed E-state index contributed by atoms with van der Waals surface area (Å²) >= 11 is 0. The molecular weight excluding hydrogens is 252 g/mol. The van der Waals surface area contributed by atoms with Gasteiger partial charge in [-0.25, -0.2) is 8.42 Å². The van der Waals surface area contributed by atoms with Crippen LogP contribution in [0.25, 0.3) is 0 Å². The lowest BCUT2D eigenvalue weighted by Crippen LogP contribution is -2.40. The van der Waals surface area contributed by atoms with Gasteiger partial charge < -0.3 is 10.5 Å². The Bertz CT molecular complexity index is 486. The summed E-state index contributed by atoms with van der Waals surface area (Å²) in [6, 6.07) is 6.44. The summed E-state index contributed by atoms with van der Waals surface area (Å²) in [6.45, 7) is 4.22. The molecule has 5 nitrogen and oxygen atoms in total. The molecule has 0 unspecified atom stereocenters. The molecule has 0 aliphatic rings. The molecule has 1 aromatic carbocycles. The minimum Gasteiger partial charge on any atom is -0.495 e. The van der Waals surface area contributed by atoms with Gasteiger partial charge in [-0.15, -0.1) is 0 Å². The highest BCUT2D eigenvalue weighted by atomic mass is 32.2. The average Bonchev–Trinajstić information content (AvgIpc) is 2.35. The Morgan fingerprint density at radius 3 is 2.44 bits per heavy atom. The third-order valence-corrected chi connectivity index (χ3v) is 4.70. The summed E-state index contributed by atoms with van der Waals surface area (Å²) < 4.78 is 31.6. The van der Waals surface area contributed by atoms with E-state index in [0.29, 0.717) is 5.75 Å². The van der Waals surface area contributed by atoms with Crippen LogP contribution < -0.4 is 10.5 Å². The molecule has 0 radical (unpaired) electrons. The van der Waals surface area contributed by atoms with Gasteiger partial charge in [0.2, 0.25) is 10.0 Å². The van der Waals surface area contributed by atoms with Crippen LogP contribution in [0, 0.1) is 0 Å². The first-order chi connectivity index (χ1) is 8.45. The van der Waals surface area contributed by atoms with E-state index in [1.54, 1.807) is 24.3 Å². The van der Waals surface area contributed by atoms with E-state index < -0.39 is 10.0 Å². The molecule has 18 heavy (non-hydrogen) atoms. The van der Waals surface area contributed by atoms with Crippen LogP contribution in [0.4, 0.5) is 0 Å². The van der Waals surface area contributed by atoms with Crippen LogP contribution in [0.2, 0.25) is 0 Å². The highest BCUT2D eigenvalue weighted by Crippen LogP contribution is 2.27. The van der Waals surface area contributed by atoms with Gasteiger partial charge in [0.15, 0.2) is 0 Å². The number of sulfonamides is 1. The Balaban J connectivity index is 3.26. The molecule has 0 aromatic heterocycles. The standard InChI is InChI=1S/C12H20N2O3S/c1-10(2)14(9-8-13)18(15,16)12-7-5-4-6-11(12)17-3/h4-7,10H,8-9,13H2,1-3H3. The third kappa shape index (κ3) is 3.01. The smallest absolute Gasteiger partial charge is 0.247 e. The first kappa shape index (κ1) is 14.9. The molecule has 0 aliphatic heterocycles. The van der Waals surface area contributed by atoms with Gasteiger partial charge in [0, 0.05) is 19.1 Å². The number of hydrogen-bond acceptors (Lipinski definition) is 4. The van der Waals surface area contributed by atoms with Crippen LogP contribution in [0.3, 0.4) is 0 Å². The molecule has 0 atom stereocenters. The first-order valence-electron chi connectivity index (χ1n) is 5.80. The number of rotatable bonds is 6. The second-order valence-electron chi connectivity index (χ2n) is 4.15. The van der Waals surface area contributed by atoms with Crippen molar-refractivity contribution in [3.8, 4) is 5.75 Å². The Labute approximate surface area is 109 Å². The lowest BCUT2D eigenvalue weighted by atomic mass is 10.3. The molecule has 0 saturated carbocycles. The number of methoxy groups -OCH3 is 1. The Morgan fingerprint density at radius 2 is 1.94 bits per heavy atom. The summed E-state index contributed by atoms with van der Waals surface area (Å²) in [4.78, 5) is 0.176. The molecule has 0 bridgehead atoms. The molecule has 0 fully saturated rings. The Kier molecular flexibility index (Phi) is 5.13. The van der Waals surface area contributed by atoms with E-state index in [1.165, 1.54) is 11.4 Å². The predicted octanol–water partition coefficient (Wildman–Crippen LogP) is 1.05. The van der Waals surface area contributed by atoms with Crippen LogP contribution in [0.5, 0.6) is 5.75 Å². The Hall–Kier alpha value is -1.11. The molecule has 6 heteroatoms. The summed E-state index contributed by atoms with van der Waals surface area (Å²) in [6.07, 6.45) is 0. The highest BCUT2D eigenvalue weighted by Gasteiger charge is 2.28. The zero-order valence-electron chi connectivity index (χ0n) is 11.0. The van der Waals surface area contributed by atoms with Crippen LogP contribution >= 0.6 is 0 Å². The zero-order chi connectivity index (χ0) is 13.8. The van der Waals surface area contributed by atoms with E-state index in [1.807, 2.05) is 13.8 Å². The van der Waals surface area contributed by atoms with Gasteiger partial charge in [-0.1, -0.05) is 12.1 Å². The topological polar surface area (TPSA) is 72.6 Å². The molecule has 0 spiro atoms. The first-order valence-corrected chi connectivity index (χ1v) is 7.24. The maximum Gasteiger partial charge on any atom is 0.247 e. The molecule has 0 aliphatic carbocycles. The number of para-hydroxylation sites is 1. The normalized spacial score (nSPS) is 12.1. The summed E-state index contributed by atoms with van der Waals surface area (Å²) in [5.74, 6) is 0.347. The van der Waals surface area contributed by atoms with Gasteiger partial charge in [0.05, 0.1) is 7.11 Å². The van der Waals surface area contributed by atoms with E-state index >= 15 is 0 Å². The maximum atomic E-state index is 12.5. The fourth-order valence-electron chi connectivity index (χ4n) is 1.74. The minimum atomic E-state index is -3.58. The third-order valence-electron chi connectivity index (χ3n) is 2.58. The van der Waals surface area contributed by atoms with E-state index in [2.05, 4.69) is 0 Å². The van der Waals surface area contributed by atoms with Crippen LogP contribution in [-0.4, -0.2) is 39.0 Å². The zero-order valence-corrected chi connectivity index (χ0v) is 11.8. The summed E-state index contributed by atoms with van der Waals surface area (Å²) in [5, 5.41) is 0. The van der Waals surface area contributed by atoms with Crippen molar-refractivity contribution in [2.75, 3.05) is 20.2 Å². The fourth-order valence-corrected chi connectivity index (χ4v) is 3.55. The molecule has 0 saturated heterocycles. The van der Waals surface area contributed by atoms with Gasteiger partial charge in [0.1, 0.15) is 10.6 Å². The van der Waals surface area contributed by atoms with Crippen molar-refractivity contribution in [2.24, 2.45) is 5.73 Å². The van der Waals surface area contributed by atoms with Gasteiger partial charge >= 0.3 is 0 Å². The van der Waals surface area contributed by atoms with Crippen molar-refractivity contribution < 1.29 is 13.2 Å². The predicted molar refractivity (Wildman–Crippen MR) is 71.1 cm³/mol. The molecule has 2 N–H and O–H groups in total. The second kappa shape index (κ2) is 6.17. The minimum absolute atomic E-state index is 0.150. The van der Waals surface area contributed by atoms with Crippen LogP contribution in [0.1, 0.15) is 13.8 Å². The van der Waals surface area contributed by atoms with Gasteiger partial charge in [-0.3, -0.25) is 0 Å². The van der Waals surface area contributed by atoms with E-state index in [4.69, 9.17) is 10.5 Å². The highest BCUT2D eigenvalue weighted by molar-refractivity contribution is 7.89. The molecule has 1 aromatic rings. The van der Waals surface area contributed by atoms with E-state index in [0.717, 1.165) is 0 Å². The fraction of sp³-hybridized carbons (Fsp3) is 0.500. The molecule has 102 valence electrons. The van der Waals surface area contributed by atoms with Crippen molar-refractivity contribution in [2.45, 2.75) is 24.8 Å². The number of nitrogens with zero attached hydrogens (tertiary/aromatic N) is 1. The quantitative estimate of drug-likeness (QED) is 0.840. The van der Waals surface area contributed by atoms with Gasteiger partial charge in [0.25, 0.3) is 0 Å². The van der Waals surface area contributed by atoms with Crippen molar-refractivity contribution in [1.29, 1.82) is 0 Å². The van der Waals surface area contributed by atoms with Crippen LogP contribution in [0.15, 0.2) is 29.2 Å². The second-order valence-corrected chi connectivity index (χ2v) is 6.01. The number of benzene rings is 1. The molecule has 0 heterocycles. The molecule has 0 amide bonds. The van der Waals surface area contributed by atoms with Crippen molar-refractivity contribution >= 4 is 10.0 Å². The van der Waals surface area contributed by atoms with E-state index in [-0.39, 0.29) is 24.0 Å². The maximum absolute atomic E-state index is 12.5. The van der Waals surface area contributed by atoms with Gasteiger partial charge in [-0.05, 0) is 26.0 Å². The lowest BCUT2D eigenvalue weighted by Gasteiger charge is -2.26. The van der Waals surface area contributed by atoms with E-state index in [9.17, 15) is 8.42 Å².